The molecule has 1 atom stereocenters. The Kier molecular flexibility index (Phi) is 1.87. The number of halogens is 1. The molecule has 1 unspecified atom stereocenters. The van der Waals surface area contributed by atoms with Gasteiger partial charge in [-0.3, -0.25) is 0 Å². The zero-order valence-electron chi connectivity index (χ0n) is 6.14. The van der Waals surface area contributed by atoms with E-state index in [2.05, 4.69) is 11.5 Å². The molecule has 12 heavy (non-hydrogen) atoms. The fourth-order valence-electron chi connectivity index (χ4n) is 1.02. The number of nitrogens with zero attached hydrogens (tertiary/aromatic N) is 2. The molecule has 1 heterocycles. The van der Waals surface area contributed by atoms with E-state index in [1.54, 1.807) is 0 Å². The van der Waals surface area contributed by atoms with E-state index in [4.69, 9.17) is 16.5 Å². The summed E-state index contributed by atoms with van der Waals surface area (Å²) in [6, 6.07) is 9.61. The third-order valence-corrected chi connectivity index (χ3v) is 1.83. The van der Waals surface area contributed by atoms with Crippen LogP contribution >= 0.6 is 11.8 Å². The Morgan fingerprint density at radius 2 is 2.17 bits per heavy atom. The Morgan fingerprint density at radius 3 is 2.75 bits per heavy atom. The molecule has 1 aromatic rings. The molecule has 2 rings (SSSR count). The molecular formula is C8H6ClN2O. The van der Waals surface area contributed by atoms with Crippen LogP contribution in [0.3, 0.4) is 0 Å². The Balaban J connectivity index is 2.22. The SMILES string of the molecule is ClN1N=[C]OC1c1ccccc1. The van der Waals surface area contributed by atoms with E-state index >= 15 is 0 Å². The summed E-state index contributed by atoms with van der Waals surface area (Å²) in [4.78, 5) is 0. The van der Waals surface area contributed by atoms with Gasteiger partial charge in [-0.05, 0) is 0 Å². The first kappa shape index (κ1) is 7.43. The maximum Gasteiger partial charge on any atom is 0.300 e. The van der Waals surface area contributed by atoms with Crippen molar-refractivity contribution in [3.8, 4) is 0 Å². The number of hydrazone groups is 1. The molecule has 0 aliphatic carbocycles. The zero-order chi connectivity index (χ0) is 8.39. The van der Waals surface area contributed by atoms with Crippen molar-refractivity contribution >= 4 is 18.2 Å². The second-order valence-electron chi connectivity index (χ2n) is 2.36. The summed E-state index contributed by atoms with van der Waals surface area (Å²) in [6.45, 7) is 0. The second-order valence-corrected chi connectivity index (χ2v) is 2.71. The van der Waals surface area contributed by atoms with Crippen molar-refractivity contribution in [3.63, 3.8) is 0 Å². The minimum atomic E-state index is -0.340. The average molecular weight is 182 g/mol. The normalized spacial score (nSPS) is 21.1. The van der Waals surface area contributed by atoms with Crippen molar-refractivity contribution < 1.29 is 4.74 Å². The van der Waals surface area contributed by atoms with Gasteiger partial charge in [0.05, 0.1) is 0 Å². The summed E-state index contributed by atoms with van der Waals surface area (Å²) in [5.41, 5.74) is 0.959. The van der Waals surface area contributed by atoms with Crippen molar-refractivity contribution in [2.75, 3.05) is 0 Å². The van der Waals surface area contributed by atoms with Gasteiger partial charge in [0.15, 0.2) is 0 Å². The van der Waals surface area contributed by atoms with Crippen LogP contribution in [-0.4, -0.2) is 10.9 Å². The van der Waals surface area contributed by atoms with Gasteiger partial charge >= 0.3 is 0 Å². The summed E-state index contributed by atoms with van der Waals surface area (Å²) < 4.78 is 6.23. The molecule has 0 saturated heterocycles. The Labute approximate surface area is 75.3 Å². The number of rotatable bonds is 1. The van der Waals surface area contributed by atoms with E-state index in [-0.39, 0.29) is 6.23 Å². The molecule has 0 spiro atoms. The van der Waals surface area contributed by atoms with E-state index in [0.29, 0.717) is 0 Å². The van der Waals surface area contributed by atoms with Gasteiger partial charge in [0.1, 0.15) is 0 Å². The Hall–Kier alpha value is -1.22. The first-order chi connectivity index (χ1) is 5.88. The van der Waals surface area contributed by atoms with Crippen molar-refractivity contribution in [1.82, 2.24) is 4.53 Å². The molecule has 0 amide bonds. The van der Waals surface area contributed by atoms with E-state index in [1.807, 2.05) is 30.3 Å². The third-order valence-electron chi connectivity index (χ3n) is 1.58. The highest BCUT2D eigenvalue weighted by Gasteiger charge is 2.22. The van der Waals surface area contributed by atoms with E-state index in [9.17, 15) is 0 Å². The molecule has 0 N–H and O–H groups in total. The van der Waals surface area contributed by atoms with Crippen LogP contribution in [0.4, 0.5) is 0 Å². The second kappa shape index (κ2) is 3.03. The number of benzene rings is 1. The fourth-order valence-corrected chi connectivity index (χ4v) is 1.20. The highest BCUT2D eigenvalue weighted by Crippen LogP contribution is 2.26. The lowest BCUT2D eigenvalue weighted by Gasteiger charge is -2.13. The summed E-state index contributed by atoms with van der Waals surface area (Å²) in [6.07, 6.45) is 2.00. The summed E-state index contributed by atoms with van der Waals surface area (Å²) >= 11 is 5.69. The minimum Gasteiger partial charge on any atom is -0.441 e. The molecule has 3 nitrogen and oxygen atoms in total. The lowest BCUT2D eigenvalue weighted by molar-refractivity contribution is 0.127. The summed E-state index contributed by atoms with van der Waals surface area (Å²) in [7, 11) is 0. The molecule has 0 saturated carbocycles. The molecule has 61 valence electrons. The number of hydrogen-bond donors (Lipinski definition) is 0. The molecule has 0 aromatic heterocycles. The zero-order valence-corrected chi connectivity index (χ0v) is 6.90. The van der Waals surface area contributed by atoms with Crippen molar-refractivity contribution in [3.05, 3.63) is 35.9 Å². The largest absolute Gasteiger partial charge is 0.441 e. The van der Waals surface area contributed by atoms with Crippen LogP contribution in [-0.2, 0) is 4.74 Å². The van der Waals surface area contributed by atoms with Crippen LogP contribution in [0, 0.1) is 0 Å². The molecule has 1 aliphatic heterocycles. The van der Waals surface area contributed by atoms with E-state index < -0.39 is 0 Å². The third kappa shape index (κ3) is 1.23. The molecule has 4 heteroatoms. The van der Waals surface area contributed by atoms with Crippen LogP contribution in [0.15, 0.2) is 35.4 Å². The smallest absolute Gasteiger partial charge is 0.300 e. The minimum absolute atomic E-state index is 0.340. The average Bonchev–Trinajstić information content (AvgIpc) is 2.53. The van der Waals surface area contributed by atoms with Crippen LogP contribution in [0.5, 0.6) is 0 Å². The van der Waals surface area contributed by atoms with Crippen LogP contribution in [0.25, 0.3) is 0 Å². The number of hydrogen-bond acceptors (Lipinski definition) is 3. The maximum atomic E-state index is 5.69. The monoisotopic (exact) mass is 181 g/mol. The number of ether oxygens (including phenoxy) is 1. The molecule has 0 bridgehead atoms. The molecular weight excluding hydrogens is 176 g/mol. The van der Waals surface area contributed by atoms with Gasteiger partial charge in [0, 0.05) is 17.3 Å². The predicted molar refractivity (Wildman–Crippen MR) is 45.4 cm³/mol. The first-order valence-electron chi connectivity index (χ1n) is 3.49. The highest BCUT2D eigenvalue weighted by molar-refractivity contribution is 6.13. The molecule has 1 aliphatic rings. The molecule has 1 aromatic carbocycles. The van der Waals surface area contributed by atoms with Gasteiger partial charge in [-0.15, -0.1) is 5.10 Å². The van der Waals surface area contributed by atoms with Gasteiger partial charge in [-0.2, -0.15) is 4.53 Å². The van der Waals surface area contributed by atoms with Crippen molar-refractivity contribution in [2.24, 2.45) is 5.10 Å². The van der Waals surface area contributed by atoms with Crippen molar-refractivity contribution in [2.45, 2.75) is 6.23 Å². The fraction of sp³-hybridized carbons (Fsp3) is 0.125. The topological polar surface area (TPSA) is 24.8 Å². The first-order valence-corrected chi connectivity index (χ1v) is 3.83. The standard InChI is InChI=1S/C8H6ClN2O/c9-11-8(12-6-10-11)7-4-2-1-3-5-7/h1-5,8H. The maximum absolute atomic E-state index is 5.69. The van der Waals surface area contributed by atoms with Gasteiger partial charge in [0.25, 0.3) is 6.40 Å². The predicted octanol–water partition coefficient (Wildman–Crippen LogP) is 1.99. The highest BCUT2D eigenvalue weighted by atomic mass is 35.5. The Bertz CT molecular complexity index is 288. The lowest BCUT2D eigenvalue weighted by Crippen LogP contribution is -2.09. The van der Waals surface area contributed by atoms with Gasteiger partial charge in [-0.25, -0.2) is 0 Å². The van der Waals surface area contributed by atoms with Crippen LogP contribution < -0.4 is 0 Å². The molecule has 1 radical (unpaired) electrons. The van der Waals surface area contributed by atoms with Crippen LogP contribution in [0.1, 0.15) is 11.8 Å². The van der Waals surface area contributed by atoms with Gasteiger partial charge in [-0.1, -0.05) is 30.3 Å². The lowest BCUT2D eigenvalue weighted by atomic mass is 10.2. The van der Waals surface area contributed by atoms with E-state index in [1.165, 1.54) is 4.53 Å². The quantitative estimate of drug-likeness (QED) is 0.619. The van der Waals surface area contributed by atoms with Gasteiger partial charge in [0.2, 0.25) is 6.23 Å². The van der Waals surface area contributed by atoms with Crippen molar-refractivity contribution in [1.29, 1.82) is 0 Å². The van der Waals surface area contributed by atoms with E-state index in [0.717, 1.165) is 5.56 Å². The Morgan fingerprint density at radius 1 is 1.42 bits per heavy atom. The summed E-state index contributed by atoms with van der Waals surface area (Å²) in [5.74, 6) is 0. The van der Waals surface area contributed by atoms with Gasteiger partial charge < -0.3 is 4.74 Å². The molecule has 0 fully saturated rings. The van der Waals surface area contributed by atoms with Crippen LogP contribution in [0.2, 0.25) is 0 Å². The summed E-state index contributed by atoms with van der Waals surface area (Å²) in [5, 5.41) is 3.62.